The number of amides is 1. The van der Waals surface area contributed by atoms with E-state index in [-0.39, 0.29) is 12.5 Å². The van der Waals surface area contributed by atoms with E-state index in [1.165, 1.54) is 22.6 Å². The van der Waals surface area contributed by atoms with Crippen molar-refractivity contribution >= 4 is 52.0 Å². The second-order valence-corrected chi connectivity index (χ2v) is 7.95. The average Bonchev–Trinajstić information content (AvgIpc) is 3.04. The molecule has 0 atom stereocenters. The maximum absolute atomic E-state index is 11.9. The minimum absolute atomic E-state index is 0.119. The smallest absolute Gasteiger partial charge is 0.257 e. The average molecular weight is 420 g/mol. The van der Waals surface area contributed by atoms with Gasteiger partial charge >= 0.3 is 0 Å². The molecule has 4 nitrogen and oxygen atoms in total. The van der Waals surface area contributed by atoms with E-state index in [4.69, 9.17) is 39.5 Å². The number of fused-ring (bicyclic) bond motifs is 1. The molecule has 0 radical (unpaired) electrons. The Morgan fingerprint density at radius 2 is 2.04 bits per heavy atom. The molecule has 0 saturated heterocycles. The van der Waals surface area contributed by atoms with Gasteiger partial charge in [0, 0.05) is 37.1 Å². The van der Waals surface area contributed by atoms with Gasteiger partial charge in [0.1, 0.15) is 5.75 Å². The number of hydrogen-bond acceptors (Lipinski definition) is 4. The van der Waals surface area contributed by atoms with Crippen LogP contribution in [0.1, 0.15) is 10.4 Å². The fourth-order valence-electron chi connectivity index (χ4n) is 2.66. The molecule has 1 aliphatic rings. The molecule has 1 aliphatic heterocycles. The Morgan fingerprint density at radius 1 is 1.24 bits per heavy atom. The molecule has 1 aromatic heterocycles. The largest absolute Gasteiger partial charge is 0.482 e. The van der Waals surface area contributed by atoms with Gasteiger partial charge in [-0.05, 0) is 29.5 Å². The van der Waals surface area contributed by atoms with E-state index in [1.54, 1.807) is 0 Å². The summed E-state index contributed by atoms with van der Waals surface area (Å²) in [5, 5.41) is 6.00. The zero-order valence-corrected chi connectivity index (χ0v) is 16.4. The lowest BCUT2D eigenvalue weighted by molar-refractivity contribution is -0.123. The molecular weight excluding hydrogens is 403 g/mol. The van der Waals surface area contributed by atoms with Crippen molar-refractivity contribution in [3.05, 3.63) is 49.1 Å². The summed E-state index contributed by atoms with van der Waals surface area (Å²) in [4.78, 5) is 15.7. The van der Waals surface area contributed by atoms with E-state index >= 15 is 0 Å². The molecule has 1 amide bonds. The Kier molecular flexibility index (Phi) is 6.47. The van der Waals surface area contributed by atoms with Crippen molar-refractivity contribution in [3.8, 4) is 5.75 Å². The van der Waals surface area contributed by atoms with E-state index in [9.17, 15) is 4.79 Å². The Morgan fingerprint density at radius 3 is 2.88 bits per heavy atom. The molecular formula is C17H17Cl3N2O2S. The second-order valence-electron chi connectivity index (χ2n) is 5.73. The number of halogens is 3. The summed E-state index contributed by atoms with van der Waals surface area (Å²) in [5.41, 5.74) is 1.40. The maximum Gasteiger partial charge on any atom is 0.257 e. The van der Waals surface area contributed by atoms with Crippen molar-refractivity contribution in [2.24, 2.45) is 0 Å². The third kappa shape index (κ3) is 5.02. The Bertz CT molecular complexity index is 766. The minimum atomic E-state index is -0.199. The number of ether oxygens (including phenoxy) is 1. The van der Waals surface area contributed by atoms with Crippen LogP contribution in [0.4, 0.5) is 0 Å². The fraction of sp³-hybridized carbons (Fsp3) is 0.353. The van der Waals surface area contributed by atoms with Crippen LogP contribution >= 0.6 is 46.1 Å². The molecule has 2 heterocycles. The molecule has 0 aliphatic carbocycles. The van der Waals surface area contributed by atoms with Gasteiger partial charge in [0.15, 0.2) is 6.61 Å². The van der Waals surface area contributed by atoms with Crippen molar-refractivity contribution in [2.45, 2.75) is 13.0 Å². The standard InChI is InChI=1S/C17H17Cl3N2O2S/c18-12-7-14(20)15(8-13(12)19)24-10-17(23)21-3-5-22-4-1-16-11(9-22)2-6-25-16/h2,6-8H,1,3-5,9-10H2,(H,21,23). The van der Waals surface area contributed by atoms with E-state index in [1.807, 2.05) is 11.3 Å². The first-order valence-electron chi connectivity index (χ1n) is 7.84. The molecule has 0 fully saturated rings. The normalized spacial score (nSPS) is 14.2. The van der Waals surface area contributed by atoms with Crippen LogP contribution in [-0.2, 0) is 17.8 Å². The molecule has 25 heavy (non-hydrogen) atoms. The fourth-order valence-corrected chi connectivity index (χ4v) is 4.14. The van der Waals surface area contributed by atoms with Crippen LogP contribution in [0.15, 0.2) is 23.6 Å². The van der Waals surface area contributed by atoms with Gasteiger partial charge in [-0.15, -0.1) is 11.3 Å². The van der Waals surface area contributed by atoms with Crippen LogP contribution in [0.25, 0.3) is 0 Å². The van der Waals surface area contributed by atoms with E-state index < -0.39 is 0 Å². The molecule has 0 saturated carbocycles. The van der Waals surface area contributed by atoms with E-state index in [2.05, 4.69) is 21.7 Å². The Balaban J connectivity index is 1.40. The molecule has 0 unspecified atom stereocenters. The number of nitrogens with zero attached hydrogens (tertiary/aromatic N) is 1. The van der Waals surface area contributed by atoms with Gasteiger partial charge in [0.25, 0.3) is 5.91 Å². The Hall–Kier alpha value is -0.980. The van der Waals surface area contributed by atoms with Gasteiger partial charge in [-0.2, -0.15) is 0 Å². The van der Waals surface area contributed by atoms with Gasteiger partial charge in [-0.25, -0.2) is 0 Å². The molecule has 0 bridgehead atoms. The summed E-state index contributed by atoms with van der Waals surface area (Å²) in [5.74, 6) is 0.141. The molecule has 0 spiro atoms. The minimum Gasteiger partial charge on any atom is -0.482 e. The van der Waals surface area contributed by atoms with Crippen LogP contribution in [0, 0.1) is 0 Å². The summed E-state index contributed by atoms with van der Waals surface area (Å²) in [7, 11) is 0. The van der Waals surface area contributed by atoms with Gasteiger partial charge in [0.05, 0.1) is 15.1 Å². The predicted octanol–water partition coefficient (Wildman–Crippen LogP) is 4.26. The van der Waals surface area contributed by atoms with Crippen LogP contribution < -0.4 is 10.1 Å². The lowest BCUT2D eigenvalue weighted by atomic mass is 10.1. The maximum atomic E-state index is 11.9. The summed E-state index contributed by atoms with van der Waals surface area (Å²) < 4.78 is 5.41. The van der Waals surface area contributed by atoms with Crippen molar-refractivity contribution < 1.29 is 9.53 Å². The van der Waals surface area contributed by atoms with Crippen LogP contribution in [0.2, 0.25) is 15.1 Å². The van der Waals surface area contributed by atoms with Crippen molar-refractivity contribution in [3.63, 3.8) is 0 Å². The highest BCUT2D eigenvalue weighted by molar-refractivity contribution is 7.10. The van der Waals surface area contributed by atoms with Gasteiger partial charge < -0.3 is 10.1 Å². The highest BCUT2D eigenvalue weighted by Gasteiger charge is 2.17. The molecule has 1 aromatic carbocycles. The third-order valence-electron chi connectivity index (χ3n) is 3.97. The van der Waals surface area contributed by atoms with E-state index in [0.29, 0.717) is 27.4 Å². The molecule has 3 rings (SSSR count). The number of benzene rings is 1. The van der Waals surface area contributed by atoms with Crippen LogP contribution in [0.3, 0.4) is 0 Å². The number of nitrogens with one attached hydrogen (secondary N) is 1. The SMILES string of the molecule is O=C(COc1cc(Cl)c(Cl)cc1Cl)NCCN1CCc2sccc2C1. The van der Waals surface area contributed by atoms with Crippen molar-refractivity contribution in [1.29, 1.82) is 0 Å². The summed E-state index contributed by atoms with van der Waals surface area (Å²) in [6.07, 6.45) is 1.08. The molecule has 134 valence electrons. The van der Waals surface area contributed by atoms with Crippen molar-refractivity contribution in [1.82, 2.24) is 10.2 Å². The Labute approximate surface area is 165 Å². The van der Waals surface area contributed by atoms with Crippen LogP contribution in [-0.4, -0.2) is 37.0 Å². The van der Waals surface area contributed by atoms with Gasteiger partial charge in [-0.1, -0.05) is 34.8 Å². The number of thiophene rings is 1. The quantitative estimate of drug-likeness (QED) is 0.711. The first-order chi connectivity index (χ1) is 12.0. The predicted molar refractivity (Wildman–Crippen MR) is 103 cm³/mol. The molecule has 1 N–H and O–H groups in total. The van der Waals surface area contributed by atoms with Gasteiger partial charge in [0.2, 0.25) is 0 Å². The third-order valence-corrected chi connectivity index (χ3v) is 6.01. The second kappa shape index (κ2) is 8.60. The monoisotopic (exact) mass is 418 g/mol. The van der Waals surface area contributed by atoms with E-state index in [0.717, 1.165) is 26.1 Å². The van der Waals surface area contributed by atoms with Crippen molar-refractivity contribution in [2.75, 3.05) is 26.2 Å². The molecule has 2 aromatic rings. The zero-order valence-electron chi connectivity index (χ0n) is 13.4. The lowest BCUT2D eigenvalue weighted by Gasteiger charge is -2.26. The first-order valence-corrected chi connectivity index (χ1v) is 9.86. The number of carbonyl (C=O) groups excluding carboxylic acids is 1. The number of carbonyl (C=O) groups is 1. The van der Waals surface area contributed by atoms with Gasteiger partial charge in [-0.3, -0.25) is 9.69 Å². The summed E-state index contributed by atoms with van der Waals surface area (Å²) in [6.45, 7) is 3.25. The summed E-state index contributed by atoms with van der Waals surface area (Å²) >= 11 is 19.6. The summed E-state index contributed by atoms with van der Waals surface area (Å²) in [6, 6.07) is 5.18. The highest BCUT2D eigenvalue weighted by atomic mass is 35.5. The number of hydrogen-bond donors (Lipinski definition) is 1. The topological polar surface area (TPSA) is 41.6 Å². The lowest BCUT2D eigenvalue weighted by Crippen LogP contribution is -2.38. The number of rotatable bonds is 6. The zero-order chi connectivity index (χ0) is 17.8. The van der Waals surface area contributed by atoms with Crippen LogP contribution in [0.5, 0.6) is 5.75 Å². The highest BCUT2D eigenvalue weighted by Crippen LogP contribution is 2.33. The molecule has 8 heteroatoms. The first kappa shape index (κ1) is 18.8.